The number of rotatable bonds is 4. The first-order valence-electron chi connectivity index (χ1n) is 8.15. The Balaban J connectivity index is 1.24. The molecule has 3 heterocycles. The maximum atomic E-state index is 12.2. The van der Waals surface area contributed by atoms with Gasteiger partial charge in [0, 0.05) is 25.5 Å². The molecule has 0 radical (unpaired) electrons. The number of benzene rings is 1. The number of para-hydroxylation sites is 2. The second-order valence-electron chi connectivity index (χ2n) is 6.05. The normalized spacial score (nSPS) is 19.6. The van der Waals surface area contributed by atoms with Crippen LogP contribution in [0.15, 0.2) is 36.7 Å². The summed E-state index contributed by atoms with van der Waals surface area (Å²) in [6.07, 6.45) is 3.62. The molecular weight excluding hydrogens is 308 g/mol. The van der Waals surface area contributed by atoms with Crippen molar-refractivity contribution in [2.75, 3.05) is 26.2 Å². The number of carbonyl (C=O) groups is 1. The van der Waals surface area contributed by atoms with Crippen LogP contribution in [0.25, 0.3) is 0 Å². The molecule has 0 spiro atoms. The van der Waals surface area contributed by atoms with Gasteiger partial charge in [0.1, 0.15) is 18.5 Å². The summed E-state index contributed by atoms with van der Waals surface area (Å²) in [5.41, 5.74) is 0. The van der Waals surface area contributed by atoms with Gasteiger partial charge >= 0.3 is 0 Å². The zero-order valence-corrected chi connectivity index (χ0v) is 13.4. The van der Waals surface area contributed by atoms with Crippen molar-refractivity contribution >= 4 is 5.91 Å². The molecule has 0 aliphatic carbocycles. The average Bonchev–Trinajstić information content (AvgIpc) is 3.07. The fourth-order valence-corrected chi connectivity index (χ4v) is 3.01. The molecule has 24 heavy (non-hydrogen) atoms. The van der Waals surface area contributed by atoms with E-state index < -0.39 is 0 Å². The highest BCUT2D eigenvalue weighted by atomic mass is 16.6. The molecular formula is C17H20N4O3. The maximum absolute atomic E-state index is 12.2. The van der Waals surface area contributed by atoms with Crippen molar-refractivity contribution in [1.29, 1.82) is 0 Å². The molecule has 1 amide bonds. The van der Waals surface area contributed by atoms with Gasteiger partial charge in [0.15, 0.2) is 11.5 Å². The van der Waals surface area contributed by atoms with Gasteiger partial charge < -0.3 is 19.4 Å². The largest absolute Gasteiger partial charge is 0.486 e. The van der Waals surface area contributed by atoms with Crippen molar-refractivity contribution in [2.45, 2.75) is 19.2 Å². The number of hydrogen-bond acceptors (Lipinski definition) is 5. The predicted octanol–water partition coefficient (Wildman–Crippen LogP) is 0.655. The van der Waals surface area contributed by atoms with Crippen LogP contribution in [0.1, 0.15) is 5.82 Å². The lowest BCUT2D eigenvalue weighted by Gasteiger charge is -2.28. The van der Waals surface area contributed by atoms with E-state index in [1.807, 2.05) is 30.5 Å². The van der Waals surface area contributed by atoms with Crippen LogP contribution in [0.3, 0.4) is 0 Å². The number of imidazole rings is 1. The second kappa shape index (κ2) is 6.52. The van der Waals surface area contributed by atoms with E-state index in [2.05, 4.69) is 19.8 Å². The molecule has 1 aromatic carbocycles. The Hall–Kier alpha value is -2.54. The zero-order chi connectivity index (χ0) is 16.4. The molecule has 4 rings (SSSR count). The highest BCUT2D eigenvalue weighted by Crippen LogP contribution is 2.30. The quantitative estimate of drug-likeness (QED) is 0.893. The standard InChI is InChI=1S/C17H20N4O3/c22-17(11-20-7-8-21-6-5-18-16(21)10-20)19-9-13-12-23-14-3-1-2-4-15(14)24-13/h1-6,13H,7-12H2,(H,19,22)/t13-/m1/s1. The van der Waals surface area contributed by atoms with Crippen molar-refractivity contribution in [3.63, 3.8) is 0 Å². The van der Waals surface area contributed by atoms with Crippen molar-refractivity contribution in [2.24, 2.45) is 0 Å². The summed E-state index contributed by atoms with van der Waals surface area (Å²) in [6.45, 7) is 3.69. The molecule has 126 valence electrons. The molecule has 0 saturated heterocycles. The van der Waals surface area contributed by atoms with E-state index in [0.29, 0.717) is 26.2 Å². The first-order chi connectivity index (χ1) is 11.8. The first-order valence-corrected chi connectivity index (χ1v) is 8.15. The summed E-state index contributed by atoms with van der Waals surface area (Å²) in [6, 6.07) is 7.57. The predicted molar refractivity (Wildman–Crippen MR) is 86.9 cm³/mol. The molecule has 7 heteroatoms. The Morgan fingerprint density at radius 2 is 2.17 bits per heavy atom. The Labute approximate surface area is 140 Å². The lowest BCUT2D eigenvalue weighted by atomic mass is 10.2. The second-order valence-corrected chi connectivity index (χ2v) is 6.05. The van der Waals surface area contributed by atoms with Crippen LogP contribution in [0.5, 0.6) is 11.5 Å². The fraction of sp³-hybridized carbons (Fsp3) is 0.412. The van der Waals surface area contributed by atoms with Crippen LogP contribution in [0, 0.1) is 0 Å². The van der Waals surface area contributed by atoms with Crippen molar-refractivity contribution in [3.05, 3.63) is 42.5 Å². The lowest BCUT2D eigenvalue weighted by Crippen LogP contribution is -2.45. The van der Waals surface area contributed by atoms with Gasteiger partial charge in [-0.15, -0.1) is 0 Å². The highest BCUT2D eigenvalue weighted by Gasteiger charge is 2.22. The van der Waals surface area contributed by atoms with Gasteiger partial charge in [-0.2, -0.15) is 0 Å². The number of fused-ring (bicyclic) bond motifs is 2. The monoisotopic (exact) mass is 328 g/mol. The Kier molecular flexibility index (Phi) is 4.08. The Morgan fingerprint density at radius 3 is 3.08 bits per heavy atom. The van der Waals surface area contributed by atoms with E-state index >= 15 is 0 Å². The third-order valence-corrected chi connectivity index (χ3v) is 4.29. The first kappa shape index (κ1) is 15.0. The smallest absolute Gasteiger partial charge is 0.234 e. The van der Waals surface area contributed by atoms with Crippen LogP contribution in [0.2, 0.25) is 0 Å². The van der Waals surface area contributed by atoms with E-state index in [4.69, 9.17) is 9.47 Å². The summed E-state index contributed by atoms with van der Waals surface area (Å²) in [4.78, 5) is 18.6. The highest BCUT2D eigenvalue weighted by molar-refractivity contribution is 5.78. The molecule has 0 unspecified atom stereocenters. The van der Waals surface area contributed by atoms with Crippen molar-refractivity contribution in [3.8, 4) is 11.5 Å². The average molecular weight is 328 g/mol. The van der Waals surface area contributed by atoms with Gasteiger partial charge in [-0.05, 0) is 12.1 Å². The van der Waals surface area contributed by atoms with E-state index in [-0.39, 0.29) is 12.0 Å². The van der Waals surface area contributed by atoms with Crippen LogP contribution >= 0.6 is 0 Å². The maximum Gasteiger partial charge on any atom is 0.234 e. The fourth-order valence-electron chi connectivity index (χ4n) is 3.01. The Morgan fingerprint density at radius 1 is 1.29 bits per heavy atom. The van der Waals surface area contributed by atoms with E-state index in [9.17, 15) is 4.79 Å². The minimum absolute atomic E-state index is 0.00235. The van der Waals surface area contributed by atoms with Gasteiger partial charge in [0.25, 0.3) is 0 Å². The molecule has 0 bridgehead atoms. The summed E-state index contributed by atoms with van der Waals surface area (Å²) in [5.74, 6) is 2.49. The van der Waals surface area contributed by atoms with Gasteiger partial charge in [-0.25, -0.2) is 4.98 Å². The third-order valence-electron chi connectivity index (χ3n) is 4.29. The minimum Gasteiger partial charge on any atom is -0.486 e. The zero-order valence-electron chi connectivity index (χ0n) is 13.4. The van der Waals surface area contributed by atoms with E-state index in [1.165, 1.54) is 0 Å². The molecule has 2 aliphatic heterocycles. The SMILES string of the molecule is O=C(CN1CCn2ccnc2C1)NC[C@@H]1COc2ccccc2O1. The van der Waals surface area contributed by atoms with E-state index in [0.717, 1.165) is 30.4 Å². The number of nitrogens with zero attached hydrogens (tertiary/aromatic N) is 3. The van der Waals surface area contributed by atoms with Crippen LogP contribution in [0.4, 0.5) is 0 Å². The molecule has 1 atom stereocenters. The van der Waals surface area contributed by atoms with Gasteiger partial charge in [0.05, 0.1) is 19.6 Å². The molecule has 2 aliphatic rings. The van der Waals surface area contributed by atoms with Crippen LogP contribution in [-0.4, -0.2) is 52.7 Å². The molecule has 7 nitrogen and oxygen atoms in total. The van der Waals surface area contributed by atoms with E-state index in [1.54, 1.807) is 6.20 Å². The number of nitrogens with one attached hydrogen (secondary N) is 1. The summed E-state index contributed by atoms with van der Waals surface area (Å²) >= 11 is 0. The van der Waals surface area contributed by atoms with Crippen molar-refractivity contribution in [1.82, 2.24) is 19.8 Å². The molecule has 0 fully saturated rings. The lowest BCUT2D eigenvalue weighted by molar-refractivity contribution is -0.123. The molecule has 1 aromatic heterocycles. The number of ether oxygens (including phenoxy) is 2. The number of amides is 1. The molecule has 1 N–H and O–H groups in total. The van der Waals surface area contributed by atoms with Crippen LogP contribution < -0.4 is 14.8 Å². The van der Waals surface area contributed by atoms with Crippen molar-refractivity contribution < 1.29 is 14.3 Å². The number of aromatic nitrogens is 2. The summed E-state index contributed by atoms with van der Waals surface area (Å²) in [7, 11) is 0. The van der Waals surface area contributed by atoms with Gasteiger partial charge in [-0.1, -0.05) is 12.1 Å². The minimum atomic E-state index is -0.163. The third kappa shape index (κ3) is 3.21. The molecule has 2 aromatic rings. The summed E-state index contributed by atoms with van der Waals surface area (Å²) < 4.78 is 13.6. The topological polar surface area (TPSA) is 68.6 Å². The van der Waals surface area contributed by atoms with Crippen LogP contribution in [-0.2, 0) is 17.9 Å². The summed E-state index contributed by atoms with van der Waals surface area (Å²) in [5, 5.41) is 2.94. The number of carbonyl (C=O) groups excluding carboxylic acids is 1. The van der Waals surface area contributed by atoms with Gasteiger partial charge in [-0.3, -0.25) is 9.69 Å². The number of hydrogen-bond donors (Lipinski definition) is 1. The van der Waals surface area contributed by atoms with Gasteiger partial charge in [0.2, 0.25) is 5.91 Å². The molecule has 0 saturated carbocycles. The Bertz CT molecular complexity index is 730.